The number of hydrogen-bond donors (Lipinski definition) is 2. The highest BCUT2D eigenvalue weighted by atomic mass is 16.5. The number of nitrogens with zero attached hydrogens (tertiary/aromatic N) is 2. The van der Waals surface area contributed by atoms with Gasteiger partial charge in [0.05, 0.1) is 12.8 Å². The van der Waals surface area contributed by atoms with Crippen LogP contribution < -0.4 is 10.6 Å². The predicted octanol–water partition coefficient (Wildman–Crippen LogP) is 3.14. The highest BCUT2D eigenvalue weighted by Gasteiger charge is 2.24. The molecule has 2 N–H and O–H groups in total. The second kappa shape index (κ2) is 6.43. The summed E-state index contributed by atoms with van der Waals surface area (Å²) in [5.41, 5.74) is 2.54. The van der Waals surface area contributed by atoms with Crippen molar-refractivity contribution in [3.8, 4) is 11.6 Å². The Morgan fingerprint density at radius 1 is 1.32 bits per heavy atom. The molecule has 0 aliphatic heterocycles. The van der Waals surface area contributed by atoms with Crippen LogP contribution in [-0.2, 0) is 6.54 Å². The van der Waals surface area contributed by atoms with Gasteiger partial charge in [0.1, 0.15) is 0 Å². The van der Waals surface area contributed by atoms with Gasteiger partial charge >= 0.3 is 0 Å². The van der Waals surface area contributed by atoms with E-state index in [2.05, 4.69) is 20.8 Å². The summed E-state index contributed by atoms with van der Waals surface area (Å²) in [4.78, 5) is 16.5. The fourth-order valence-corrected chi connectivity index (χ4v) is 2.45. The van der Waals surface area contributed by atoms with Gasteiger partial charge in [0.15, 0.2) is 5.76 Å². The SMILES string of the molecule is Cc1ccc(C(=O)NC2CC2)cc1NCc1nc(-c2ccco2)no1. The minimum absolute atomic E-state index is 0.0385. The van der Waals surface area contributed by atoms with E-state index < -0.39 is 0 Å². The maximum absolute atomic E-state index is 12.2. The van der Waals surface area contributed by atoms with Crippen molar-refractivity contribution >= 4 is 11.6 Å². The monoisotopic (exact) mass is 338 g/mol. The fourth-order valence-electron chi connectivity index (χ4n) is 2.45. The molecule has 0 bridgehead atoms. The van der Waals surface area contributed by atoms with Crippen molar-refractivity contribution < 1.29 is 13.7 Å². The first kappa shape index (κ1) is 15.4. The Morgan fingerprint density at radius 2 is 2.20 bits per heavy atom. The summed E-state index contributed by atoms with van der Waals surface area (Å²) in [6, 6.07) is 9.48. The van der Waals surface area contributed by atoms with Crippen LogP contribution in [0.1, 0.15) is 34.7 Å². The summed E-state index contributed by atoms with van der Waals surface area (Å²) in [5, 5.41) is 10.1. The molecule has 1 aliphatic rings. The van der Waals surface area contributed by atoms with Crippen LogP contribution in [0.25, 0.3) is 11.6 Å². The number of carbonyl (C=O) groups excluding carboxylic acids is 1. The number of rotatable bonds is 6. The number of aryl methyl sites for hydroxylation is 1. The zero-order valence-electron chi connectivity index (χ0n) is 13.8. The molecule has 0 unspecified atom stereocenters. The minimum Gasteiger partial charge on any atom is -0.461 e. The standard InChI is InChI=1S/C18H18N4O3/c1-11-4-5-12(18(23)20-13-6-7-13)9-14(11)19-10-16-21-17(22-25-16)15-3-2-8-24-15/h2-5,8-9,13,19H,6-7,10H2,1H3,(H,20,23). The van der Waals surface area contributed by atoms with Gasteiger partial charge < -0.3 is 19.6 Å². The van der Waals surface area contributed by atoms with Crippen LogP contribution in [0.15, 0.2) is 45.5 Å². The lowest BCUT2D eigenvalue weighted by molar-refractivity contribution is 0.0951. The molecule has 3 aromatic rings. The van der Waals surface area contributed by atoms with E-state index in [1.165, 1.54) is 0 Å². The molecule has 1 amide bonds. The molecule has 1 aromatic carbocycles. The van der Waals surface area contributed by atoms with E-state index in [0.717, 1.165) is 24.1 Å². The summed E-state index contributed by atoms with van der Waals surface area (Å²) in [7, 11) is 0. The lowest BCUT2D eigenvalue weighted by Crippen LogP contribution is -2.25. The van der Waals surface area contributed by atoms with Crippen LogP contribution in [0.5, 0.6) is 0 Å². The Morgan fingerprint density at radius 3 is 2.96 bits per heavy atom. The summed E-state index contributed by atoms with van der Waals surface area (Å²) >= 11 is 0. The van der Waals surface area contributed by atoms with E-state index in [-0.39, 0.29) is 5.91 Å². The van der Waals surface area contributed by atoms with Crippen molar-refractivity contribution in [3.63, 3.8) is 0 Å². The second-order valence-electron chi connectivity index (χ2n) is 6.12. The molecule has 0 spiro atoms. The van der Waals surface area contributed by atoms with Gasteiger partial charge in [-0.3, -0.25) is 4.79 Å². The zero-order valence-corrected chi connectivity index (χ0v) is 13.8. The lowest BCUT2D eigenvalue weighted by atomic mass is 10.1. The number of hydrogen-bond acceptors (Lipinski definition) is 6. The van der Waals surface area contributed by atoms with Crippen molar-refractivity contribution in [2.45, 2.75) is 32.4 Å². The van der Waals surface area contributed by atoms with Gasteiger partial charge in [0.2, 0.25) is 11.7 Å². The van der Waals surface area contributed by atoms with Crippen molar-refractivity contribution in [2.75, 3.05) is 5.32 Å². The highest BCUT2D eigenvalue weighted by molar-refractivity contribution is 5.95. The number of aromatic nitrogens is 2. The third kappa shape index (κ3) is 3.55. The van der Waals surface area contributed by atoms with Gasteiger partial charge in [-0.1, -0.05) is 11.2 Å². The van der Waals surface area contributed by atoms with Crippen molar-refractivity contribution in [1.29, 1.82) is 0 Å². The first-order chi connectivity index (χ1) is 12.2. The summed E-state index contributed by atoms with van der Waals surface area (Å²) < 4.78 is 10.5. The molecule has 7 heteroatoms. The summed E-state index contributed by atoms with van der Waals surface area (Å²) in [6.07, 6.45) is 3.70. The fraction of sp³-hybridized carbons (Fsp3) is 0.278. The van der Waals surface area contributed by atoms with Gasteiger partial charge in [-0.2, -0.15) is 4.98 Å². The summed E-state index contributed by atoms with van der Waals surface area (Å²) in [5.74, 6) is 1.38. The first-order valence-electron chi connectivity index (χ1n) is 8.21. The molecule has 4 rings (SSSR count). The van der Waals surface area contributed by atoms with Crippen molar-refractivity contribution in [2.24, 2.45) is 0 Å². The molecule has 0 atom stereocenters. The number of carbonyl (C=O) groups is 1. The average molecular weight is 338 g/mol. The van der Waals surface area contributed by atoms with Gasteiger partial charge in [0, 0.05) is 17.3 Å². The van der Waals surface area contributed by atoms with Gasteiger partial charge in [-0.15, -0.1) is 0 Å². The van der Waals surface area contributed by atoms with Crippen molar-refractivity contribution in [3.05, 3.63) is 53.6 Å². The molecule has 2 aromatic heterocycles. The molecule has 25 heavy (non-hydrogen) atoms. The highest BCUT2D eigenvalue weighted by Crippen LogP contribution is 2.22. The van der Waals surface area contributed by atoms with Gasteiger partial charge in [-0.05, 0) is 49.6 Å². The summed E-state index contributed by atoms with van der Waals surface area (Å²) in [6.45, 7) is 2.34. The smallest absolute Gasteiger partial charge is 0.251 e. The number of furan rings is 1. The molecule has 1 fully saturated rings. The molecular formula is C18H18N4O3. The second-order valence-corrected chi connectivity index (χ2v) is 6.12. The van der Waals surface area contributed by atoms with Crippen LogP contribution in [0.4, 0.5) is 5.69 Å². The molecule has 7 nitrogen and oxygen atoms in total. The Labute approximate surface area is 144 Å². The predicted molar refractivity (Wildman–Crippen MR) is 91.0 cm³/mol. The normalized spacial score (nSPS) is 13.6. The largest absolute Gasteiger partial charge is 0.461 e. The van der Waals surface area contributed by atoms with Crippen LogP contribution in [0, 0.1) is 6.92 Å². The quantitative estimate of drug-likeness (QED) is 0.717. The van der Waals surface area contributed by atoms with Gasteiger partial charge in [-0.25, -0.2) is 0 Å². The Kier molecular flexibility index (Phi) is 3.97. The molecule has 128 valence electrons. The number of benzene rings is 1. The van der Waals surface area contributed by atoms with E-state index in [0.29, 0.717) is 35.6 Å². The topological polar surface area (TPSA) is 93.2 Å². The van der Waals surface area contributed by atoms with E-state index >= 15 is 0 Å². The number of anilines is 1. The molecule has 0 saturated heterocycles. The van der Waals surface area contributed by atoms with Crippen LogP contribution in [-0.4, -0.2) is 22.1 Å². The van der Waals surface area contributed by atoms with E-state index in [1.54, 1.807) is 18.4 Å². The zero-order chi connectivity index (χ0) is 17.2. The van der Waals surface area contributed by atoms with E-state index in [4.69, 9.17) is 8.94 Å². The maximum atomic E-state index is 12.2. The third-order valence-corrected chi connectivity index (χ3v) is 4.05. The van der Waals surface area contributed by atoms with Crippen LogP contribution >= 0.6 is 0 Å². The average Bonchev–Trinajstić information content (AvgIpc) is 3.09. The van der Waals surface area contributed by atoms with E-state index in [9.17, 15) is 4.79 Å². The molecule has 1 aliphatic carbocycles. The lowest BCUT2D eigenvalue weighted by Gasteiger charge is -2.10. The van der Waals surface area contributed by atoms with Crippen LogP contribution in [0.2, 0.25) is 0 Å². The molecular weight excluding hydrogens is 320 g/mol. The maximum Gasteiger partial charge on any atom is 0.251 e. The van der Waals surface area contributed by atoms with Crippen LogP contribution in [0.3, 0.4) is 0 Å². The minimum atomic E-state index is -0.0385. The number of nitrogens with one attached hydrogen (secondary N) is 2. The Balaban J connectivity index is 1.44. The Bertz CT molecular complexity index is 882. The number of amides is 1. The molecule has 1 saturated carbocycles. The van der Waals surface area contributed by atoms with Crippen molar-refractivity contribution in [1.82, 2.24) is 15.5 Å². The first-order valence-corrected chi connectivity index (χ1v) is 8.21. The Hall–Kier alpha value is -3.09. The van der Waals surface area contributed by atoms with Gasteiger partial charge in [0.25, 0.3) is 5.91 Å². The van der Waals surface area contributed by atoms with E-state index in [1.807, 2.05) is 25.1 Å². The molecule has 0 radical (unpaired) electrons. The molecule has 2 heterocycles. The third-order valence-electron chi connectivity index (χ3n) is 4.05.